The summed E-state index contributed by atoms with van der Waals surface area (Å²) >= 11 is 0. The first-order valence-corrected chi connectivity index (χ1v) is 22.2. The summed E-state index contributed by atoms with van der Waals surface area (Å²) < 4.78 is 0. The van der Waals surface area contributed by atoms with Crippen molar-refractivity contribution >= 4 is 47.4 Å². The number of aromatic amines is 1. The van der Waals surface area contributed by atoms with Gasteiger partial charge in [-0.15, -0.1) is 0 Å². The fourth-order valence-corrected chi connectivity index (χ4v) is 6.71. The number of carbonyl (C=O) groups excluding carboxylic acids is 6. The molecule has 0 unspecified atom stereocenters. The molecule has 0 spiro atoms. The number of carboxylic acids is 2. The standard InChI is InChI=1S/C44H68N8O12/c1-3-4-5-6-7-8-9-10-11-12-13-14-18-21-37(55)48-34(24-38(56)57)40(59)47-29(2)39(58)49-33(23-31-25-45-28-46-31)42(61)51-35(26-53)43(62)50-32(22-30-19-16-15-17-20-30)41(60)52-36(27-54)44(63)64/h15-17,19-20,25,28-29,32-36,53-54H,3-14,18,21-24,26-27H2,1-2H3,(H,45,46)(H,47,59)(H,48,55)(H,49,58)(H,50,62)(H,51,61)(H,52,60)(H,56,57)(H,63,64)/t29-,32-,33-,34-,35-,36-/m0/s1. The third-order valence-electron chi connectivity index (χ3n) is 10.4. The van der Waals surface area contributed by atoms with Crippen molar-refractivity contribution in [3.05, 3.63) is 54.1 Å². The number of unbranched alkanes of at least 4 members (excludes halogenated alkanes) is 12. The summed E-state index contributed by atoms with van der Waals surface area (Å²) in [6, 6.07) is -0.754. The van der Waals surface area contributed by atoms with Crippen molar-refractivity contribution in [1.29, 1.82) is 0 Å². The number of aliphatic hydroxyl groups excluding tert-OH is 2. The average molecular weight is 901 g/mol. The number of nitrogens with zero attached hydrogens (tertiary/aromatic N) is 1. The van der Waals surface area contributed by atoms with E-state index in [2.05, 4.69) is 48.8 Å². The summed E-state index contributed by atoms with van der Waals surface area (Å²) in [5.41, 5.74) is 0.931. The van der Waals surface area contributed by atoms with Crippen molar-refractivity contribution in [2.24, 2.45) is 0 Å². The molecule has 0 bridgehead atoms. The van der Waals surface area contributed by atoms with Gasteiger partial charge in [-0.1, -0.05) is 114 Å². The van der Waals surface area contributed by atoms with Crippen LogP contribution in [-0.4, -0.2) is 127 Å². The van der Waals surface area contributed by atoms with Crippen LogP contribution >= 0.6 is 0 Å². The first-order chi connectivity index (χ1) is 30.7. The van der Waals surface area contributed by atoms with Gasteiger partial charge < -0.3 is 57.3 Å². The van der Waals surface area contributed by atoms with Crippen LogP contribution in [-0.2, 0) is 51.2 Å². The topological polar surface area (TPSA) is 318 Å². The lowest BCUT2D eigenvalue weighted by atomic mass is 10.0. The van der Waals surface area contributed by atoms with E-state index >= 15 is 0 Å². The largest absolute Gasteiger partial charge is 0.481 e. The number of hydrogen-bond acceptors (Lipinski definition) is 11. The number of hydrogen-bond donors (Lipinski definition) is 11. The second-order valence-corrected chi connectivity index (χ2v) is 15.9. The molecule has 6 atom stereocenters. The van der Waals surface area contributed by atoms with E-state index in [1.807, 2.05) is 0 Å². The Morgan fingerprint density at radius 3 is 1.58 bits per heavy atom. The quantitative estimate of drug-likeness (QED) is 0.0440. The summed E-state index contributed by atoms with van der Waals surface area (Å²) in [6.07, 6.45) is 16.3. The molecule has 11 N–H and O–H groups in total. The van der Waals surface area contributed by atoms with E-state index in [9.17, 15) is 58.8 Å². The fourth-order valence-electron chi connectivity index (χ4n) is 6.71. The zero-order valence-electron chi connectivity index (χ0n) is 36.9. The number of carboxylic acid groups (broad SMARTS) is 2. The van der Waals surface area contributed by atoms with Crippen molar-refractivity contribution in [3.8, 4) is 0 Å². The van der Waals surface area contributed by atoms with Crippen LogP contribution in [0, 0.1) is 0 Å². The van der Waals surface area contributed by atoms with Gasteiger partial charge in [0.25, 0.3) is 0 Å². The number of rotatable bonds is 34. The van der Waals surface area contributed by atoms with Crippen LogP contribution in [0.3, 0.4) is 0 Å². The number of imidazole rings is 1. The number of amides is 6. The molecule has 356 valence electrons. The molecule has 20 nitrogen and oxygen atoms in total. The third-order valence-corrected chi connectivity index (χ3v) is 10.4. The summed E-state index contributed by atoms with van der Waals surface area (Å²) in [6.45, 7) is 1.57. The van der Waals surface area contributed by atoms with Gasteiger partial charge in [-0.3, -0.25) is 33.6 Å². The molecule has 0 saturated heterocycles. The minimum Gasteiger partial charge on any atom is -0.481 e. The average Bonchev–Trinajstić information content (AvgIpc) is 3.78. The lowest BCUT2D eigenvalue weighted by molar-refractivity contribution is -0.143. The summed E-state index contributed by atoms with van der Waals surface area (Å²) in [7, 11) is 0. The molecular weight excluding hydrogens is 833 g/mol. The van der Waals surface area contributed by atoms with Crippen molar-refractivity contribution < 1.29 is 58.8 Å². The van der Waals surface area contributed by atoms with Gasteiger partial charge in [-0.05, 0) is 18.9 Å². The third kappa shape index (κ3) is 22.0. The number of H-pyrrole nitrogens is 1. The van der Waals surface area contributed by atoms with E-state index in [1.54, 1.807) is 30.3 Å². The maximum absolute atomic E-state index is 13.7. The van der Waals surface area contributed by atoms with E-state index in [1.165, 1.54) is 70.8 Å². The van der Waals surface area contributed by atoms with Gasteiger partial charge in [0.15, 0.2) is 0 Å². The Morgan fingerprint density at radius 2 is 1.06 bits per heavy atom. The van der Waals surface area contributed by atoms with Gasteiger partial charge in [0.05, 0.1) is 26.0 Å². The molecule has 0 aliphatic heterocycles. The molecule has 0 radical (unpaired) electrons. The molecule has 6 amide bonds. The number of nitrogens with one attached hydrogen (secondary N) is 7. The van der Waals surface area contributed by atoms with Gasteiger partial charge in [0.1, 0.15) is 36.3 Å². The second kappa shape index (κ2) is 31.0. The molecule has 1 aromatic carbocycles. The Labute approximate surface area is 373 Å². The molecule has 1 heterocycles. The minimum absolute atomic E-state index is 0.0875. The maximum atomic E-state index is 13.7. The predicted octanol–water partition coefficient (Wildman–Crippen LogP) is 1.15. The first kappa shape index (κ1) is 54.2. The van der Waals surface area contributed by atoms with Gasteiger partial charge in [-0.25, -0.2) is 9.78 Å². The van der Waals surface area contributed by atoms with Crippen LogP contribution in [0.15, 0.2) is 42.9 Å². The van der Waals surface area contributed by atoms with Crippen molar-refractivity contribution in [1.82, 2.24) is 41.9 Å². The lowest BCUT2D eigenvalue weighted by Gasteiger charge is -2.26. The maximum Gasteiger partial charge on any atom is 0.328 e. The Kier molecular flexibility index (Phi) is 26.3. The van der Waals surface area contributed by atoms with Crippen LogP contribution in [0.5, 0.6) is 0 Å². The number of aromatic nitrogens is 2. The number of aliphatic carboxylic acids is 2. The van der Waals surface area contributed by atoms with Crippen LogP contribution in [0.2, 0.25) is 0 Å². The molecule has 0 fully saturated rings. The summed E-state index contributed by atoms with van der Waals surface area (Å²) in [5, 5.41) is 52.5. The van der Waals surface area contributed by atoms with E-state index < -0.39 is 103 Å². The molecule has 0 aliphatic rings. The smallest absolute Gasteiger partial charge is 0.328 e. The Balaban J connectivity index is 2.01. The van der Waals surface area contributed by atoms with Crippen LogP contribution in [0.4, 0.5) is 0 Å². The zero-order chi connectivity index (χ0) is 47.3. The van der Waals surface area contributed by atoms with Crippen LogP contribution in [0.25, 0.3) is 0 Å². The molecule has 64 heavy (non-hydrogen) atoms. The minimum atomic E-state index is -1.69. The second-order valence-electron chi connectivity index (χ2n) is 15.9. The first-order valence-electron chi connectivity index (χ1n) is 22.2. The Bertz CT molecular complexity index is 1750. The molecule has 0 aliphatic carbocycles. The fraction of sp³-hybridized carbons (Fsp3) is 0.614. The molecule has 2 rings (SSSR count). The van der Waals surface area contributed by atoms with Gasteiger partial charge in [-0.2, -0.15) is 0 Å². The summed E-state index contributed by atoms with van der Waals surface area (Å²) in [4.78, 5) is 109. The van der Waals surface area contributed by atoms with Gasteiger partial charge in [0, 0.05) is 31.2 Å². The normalized spacial score (nSPS) is 13.8. The highest BCUT2D eigenvalue weighted by Gasteiger charge is 2.33. The van der Waals surface area contributed by atoms with Gasteiger partial charge >= 0.3 is 11.9 Å². The van der Waals surface area contributed by atoms with Crippen molar-refractivity contribution in [2.75, 3.05) is 13.2 Å². The Morgan fingerprint density at radius 1 is 0.578 bits per heavy atom. The highest BCUT2D eigenvalue weighted by atomic mass is 16.4. The van der Waals surface area contributed by atoms with Crippen LogP contribution in [0.1, 0.15) is 121 Å². The SMILES string of the molecule is CCCCCCCCCCCCCCCC(=O)N[C@@H](CC(=O)O)C(=O)N[C@@H](C)C(=O)N[C@@H](Cc1cnc[nH]1)C(=O)N[C@@H](CO)C(=O)N[C@@H](Cc1ccccc1)C(=O)N[C@@H](CO)C(=O)O. The highest BCUT2D eigenvalue weighted by Crippen LogP contribution is 2.13. The van der Waals surface area contributed by atoms with Crippen molar-refractivity contribution in [3.63, 3.8) is 0 Å². The lowest BCUT2D eigenvalue weighted by Crippen LogP contribution is -2.60. The number of aliphatic hydroxyl groups is 2. The Hall–Kier alpha value is -5.89. The summed E-state index contributed by atoms with van der Waals surface area (Å²) in [5.74, 6) is -8.24. The molecule has 0 saturated carbocycles. The van der Waals surface area contributed by atoms with E-state index in [-0.39, 0.29) is 19.3 Å². The zero-order valence-corrected chi connectivity index (χ0v) is 36.9. The molecule has 1 aromatic heterocycles. The van der Waals surface area contributed by atoms with Crippen molar-refractivity contribution in [2.45, 2.75) is 159 Å². The molecule has 20 heteroatoms. The number of benzene rings is 1. The monoisotopic (exact) mass is 900 g/mol. The van der Waals surface area contributed by atoms with E-state index in [0.29, 0.717) is 17.7 Å². The van der Waals surface area contributed by atoms with Gasteiger partial charge in [0.2, 0.25) is 35.4 Å². The number of carbonyl (C=O) groups is 8. The predicted molar refractivity (Wildman–Crippen MR) is 234 cm³/mol. The van der Waals surface area contributed by atoms with E-state index in [0.717, 1.165) is 25.7 Å². The molecular formula is C44H68N8O12. The highest BCUT2D eigenvalue weighted by molar-refractivity contribution is 5.97. The van der Waals surface area contributed by atoms with Crippen LogP contribution < -0.4 is 31.9 Å². The van der Waals surface area contributed by atoms with E-state index in [4.69, 9.17) is 0 Å². The molecule has 2 aromatic rings.